The number of benzene rings is 2. The third-order valence-corrected chi connectivity index (χ3v) is 3.57. The molecular formula is C15H14BrFN2O. The molecule has 0 unspecified atom stereocenters. The van der Waals surface area contributed by atoms with Crippen LogP contribution in [0.4, 0.5) is 9.18 Å². The molecular weight excluding hydrogens is 323 g/mol. The Kier molecular flexibility index (Phi) is 5.12. The first-order valence-electron chi connectivity index (χ1n) is 6.15. The van der Waals surface area contributed by atoms with Gasteiger partial charge in [-0.25, -0.2) is 9.18 Å². The predicted octanol–water partition coefficient (Wildman–Crippen LogP) is 3.59. The van der Waals surface area contributed by atoms with E-state index >= 15 is 0 Å². The van der Waals surface area contributed by atoms with Gasteiger partial charge in [-0.2, -0.15) is 0 Å². The van der Waals surface area contributed by atoms with Gasteiger partial charge in [0.25, 0.3) is 0 Å². The van der Waals surface area contributed by atoms with Crippen LogP contribution in [-0.2, 0) is 13.1 Å². The van der Waals surface area contributed by atoms with Gasteiger partial charge in [0.1, 0.15) is 5.82 Å². The van der Waals surface area contributed by atoms with E-state index in [2.05, 4.69) is 26.6 Å². The second-order valence-corrected chi connectivity index (χ2v) is 5.07. The molecule has 104 valence electrons. The van der Waals surface area contributed by atoms with Crippen molar-refractivity contribution in [2.75, 3.05) is 0 Å². The molecule has 0 aliphatic rings. The van der Waals surface area contributed by atoms with Crippen LogP contribution in [0, 0.1) is 5.82 Å². The fraction of sp³-hybridized carbons (Fsp3) is 0.133. The minimum absolute atomic E-state index is 0.161. The minimum Gasteiger partial charge on any atom is -0.334 e. The number of halogens is 2. The maximum Gasteiger partial charge on any atom is 0.315 e. The first-order chi connectivity index (χ1) is 9.66. The van der Waals surface area contributed by atoms with Crippen molar-refractivity contribution in [1.82, 2.24) is 10.6 Å². The largest absolute Gasteiger partial charge is 0.334 e. The highest BCUT2D eigenvalue weighted by Gasteiger charge is 2.05. The van der Waals surface area contributed by atoms with Gasteiger partial charge in [-0.15, -0.1) is 0 Å². The third-order valence-electron chi connectivity index (χ3n) is 2.79. The van der Waals surface area contributed by atoms with E-state index in [0.717, 1.165) is 10.0 Å². The van der Waals surface area contributed by atoms with Crippen LogP contribution in [0.5, 0.6) is 0 Å². The molecule has 0 aliphatic carbocycles. The van der Waals surface area contributed by atoms with Crippen LogP contribution >= 0.6 is 15.9 Å². The van der Waals surface area contributed by atoms with Crippen molar-refractivity contribution in [3.8, 4) is 0 Å². The average molecular weight is 337 g/mol. The van der Waals surface area contributed by atoms with Crippen molar-refractivity contribution in [1.29, 1.82) is 0 Å². The Balaban J connectivity index is 1.82. The van der Waals surface area contributed by atoms with Crippen LogP contribution in [0.25, 0.3) is 0 Å². The molecule has 2 amide bonds. The number of hydrogen-bond donors (Lipinski definition) is 2. The van der Waals surface area contributed by atoms with Gasteiger partial charge in [0.2, 0.25) is 0 Å². The van der Waals surface area contributed by atoms with Crippen LogP contribution in [0.1, 0.15) is 11.1 Å². The third kappa shape index (κ3) is 4.06. The molecule has 0 aliphatic heterocycles. The number of carbonyl (C=O) groups is 1. The molecule has 2 N–H and O–H groups in total. The fourth-order valence-electron chi connectivity index (χ4n) is 1.70. The zero-order valence-electron chi connectivity index (χ0n) is 10.7. The molecule has 2 aromatic carbocycles. The van der Waals surface area contributed by atoms with Gasteiger partial charge in [0, 0.05) is 23.1 Å². The highest BCUT2D eigenvalue weighted by molar-refractivity contribution is 9.10. The fourth-order valence-corrected chi connectivity index (χ4v) is 2.12. The topological polar surface area (TPSA) is 41.1 Å². The van der Waals surface area contributed by atoms with Crippen molar-refractivity contribution in [2.24, 2.45) is 0 Å². The molecule has 0 bridgehead atoms. The predicted molar refractivity (Wildman–Crippen MR) is 79.6 cm³/mol. The van der Waals surface area contributed by atoms with Gasteiger partial charge < -0.3 is 10.6 Å². The first-order valence-corrected chi connectivity index (χ1v) is 6.94. The van der Waals surface area contributed by atoms with E-state index in [4.69, 9.17) is 0 Å². The number of carbonyl (C=O) groups excluding carboxylic acids is 1. The lowest BCUT2D eigenvalue weighted by molar-refractivity contribution is 0.240. The number of amides is 2. The molecule has 20 heavy (non-hydrogen) atoms. The zero-order valence-corrected chi connectivity index (χ0v) is 12.3. The van der Waals surface area contributed by atoms with Gasteiger partial charge in [0.05, 0.1) is 0 Å². The van der Waals surface area contributed by atoms with Crippen molar-refractivity contribution in [2.45, 2.75) is 13.1 Å². The lowest BCUT2D eigenvalue weighted by Crippen LogP contribution is -2.34. The molecule has 0 radical (unpaired) electrons. The molecule has 3 nitrogen and oxygen atoms in total. The Morgan fingerprint density at radius 2 is 1.50 bits per heavy atom. The molecule has 0 spiro atoms. The Morgan fingerprint density at radius 1 is 0.950 bits per heavy atom. The molecule has 0 aromatic heterocycles. The van der Waals surface area contributed by atoms with Crippen LogP contribution < -0.4 is 10.6 Å². The van der Waals surface area contributed by atoms with Gasteiger partial charge in [-0.3, -0.25) is 0 Å². The monoisotopic (exact) mass is 336 g/mol. The van der Waals surface area contributed by atoms with E-state index in [9.17, 15) is 9.18 Å². The maximum atomic E-state index is 13.4. The standard InChI is InChI=1S/C15H14BrFN2O/c16-13-7-3-1-5-11(13)9-18-15(20)19-10-12-6-2-4-8-14(12)17/h1-8H,9-10H2,(H2,18,19,20). The van der Waals surface area contributed by atoms with Crippen molar-refractivity contribution in [3.05, 3.63) is 69.9 Å². The number of urea groups is 1. The molecule has 0 atom stereocenters. The molecule has 0 saturated carbocycles. The van der Waals surface area contributed by atoms with Gasteiger partial charge in [0.15, 0.2) is 0 Å². The van der Waals surface area contributed by atoms with E-state index in [1.165, 1.54) is 6.07 Å². The summed E-state index contributed by atoms with van der Waals surface area (Å²) in [6.45, 7) is 0.568. The summed E-state index contributed by atoms with van der Waals surface area (Å²) in [5.74, 6) is -0.321. The lowest BCUT2D eigenvalue weighted by atomic mass is 10.2. The minimum atomic E-state index is -0.330. The van der Waals surface area contributed by atoms with Crippen LogP contribution in [0.15, 0.2) is 53.0 Å². The molecule has 0 heterocycles. The van der Waals surface area contributed by atoms with E-state index in [1.54, 1.807) is 18.2 Å². The SMILES string of the molecule is O=C(NCc1ccccc1F)NCc1ccccc1Br. The smallest absolute Gasteiger partial charge is 0.315 e. The number of hydrogen-bond acceptors (Lipinski definition) is 1. The molecule has 0 saturated heterocycles. The van der Waals surface area contributed by atoms with Crippen LogP contribution in [0.3, 0.4) is 0 Å². The summed E-state index contributed by atoms with van der Waals surface area (Å²) in [5.41, 5.74) is 1.44. The van der Waals surface area contributed by atoms with E-state index in [0.29, 0.717) is 12.1 Å². The summed E-state index contributed by atoms with van der Waals surface area (Å²) in [6, 6.07) is 13.7. The number of rotatable bonds is 4. The van der Waals surface area contributed by atoms with Gasteiger partial charge in [-0.05, 0) is 17.7 Å². The average Bonchev–Trinajstić information content (AvgIpc) is 2.45. The molecule has 2 rings (SSSR count). The van der Waals surface area contributed by atoms with Crippen molar-refractivity contribution >= 4 is 22.0 Å². The Hall–Kier alpha value is -1.88. The van der Waals surface area contributed by atoms with E-state index in [-0.39, 0.29) is 18.4 Å². The summed E-state index contributed by atoms with van der Waals surface area (Å²) in [6.07, 6.45) is 0. The second kappa shape index (κ2) is 7.05. The number of nitrogens with one attached hydrogen (secondary N) is 2. The highest BCUT2D eigenvalue weighted by Crippen LogP contribution is 2.15. The summed E-state index contributed by atoms with van der Waals surface area (Å²) >= 11 is 3.41. The Labute approximate surface area is 125 Å². The maximum absolute atomic E-state index is 13.4. The normalized spacial score (nSPS) is 10.1. The molecule has 0 fully saturated rings. The Morgan fingerprint density at radius 3 is 2.15 bits per heavy atom. The quantitative estimate of drug-likeness (QED) is 0.880. The highest BCUT2D eigenvalue weighted by atomic mass is 79.9. The second-order valence-electron chi connectivity index (χ2n) is 4.22. The van der Waals surface area contributed by atoms with Crippen molar-refractivity contribution < 1.29 is 9.18 Å². The van der Waals surface area contributed by atoms with Gasteiger partial charge >= 0.3 is 6.03 Å². The molecule has 5 heteroatoms. The first kappa shape index (κ1) is 14.5. The van der Waals surface area contributed by atoms with E-state index in [1.807, 2.05) is 24.3 Å². The van der Waals surface area contributed by atoms with E-state index < -0.39 is 0 Å². The van der Waals surface area contributed by atoms with Crippen LogP contribution in [0.2, 0.25) is 0 Å². The zero-order chi connectivity index (χ0) is 14.4. The summed E-state index contributed by atoms with van der Waals surface area (Å²) in [4.78, 5) is 11.7. The van der Waals surface area contributed by atoms with Crippen molar-refractivity contribution in [3.63, 3.8) is 0 Å². The van der Waals surface area contributed by atoms with Gasteiger partial charge in [-0.1, -0.05) is 52.3 Å². The summed E-state index contributed by atoms with van der Waals surface area (Å²) in [7, 11) is 0. The van der Waals surface area contributed by atoms with Crippen LogP contribution in [-0.4, -0.2) is 6.03 Å². The molecule has 2 aromatic rings. The summed E-state index contributed by atoms with van der Waals surface area (Å²) < 4.78 is 14.3. The Bertz CT molecular complexity index is 552. The summed E-state index contributed by atoms with van der Waals surface area (Å²) in [5, 5.41) is 5.35. The lowest BCUT2D eigenvalue weighted by Gasteiger charge is -2.09.